The van der Waals surface area contributed by atoms with Crippen LogP contribution in [0.2, 0.25) is 0 Å². The summed E-state index contributed by atoms with van der Waals surface area (Å²) in [6.07, 6.45) is 2.79. The summed E-state index contributed by atoms with van der Waals surface area (Å²) in [6, 6.07) is 15.9. The summed E-state index contributed by atoms with van der Waals surface area (Å²) in [5, 5.41) is 10.5. The first-order valence-corrected chi connectivity index (χ1v) is 11.2. The van der Waals surface area contributed by atoms with Crippen LogP contribution in [0, 0.1) is 6.92 Å². The average molecular weight is 392 g/mol. The summed E-state index contributed by atoms with van der Waals surface area (Å²) in [4.78, 5) is 7.75. The van der Waals surface area contributed by atoms with Crippen LogP contribution in [0.4, 0.5) is 11.4 Å². The van der Waals surface area contributed by atoms with E-state index in [1.807, 2.05) is 0 Å². The van der Waals surface area contributed by atoms with Gasteiger partial charge in [-0.15, -0.1) is 0 Å². The number of hydrogen-bond acceptors (Lipinski definition) is 4. The lowest BCUT2D eigenvalue weighted by molar-refractivity contribution is 0.144. The van der Waals surface area contributed by atoms with Gasteiger partial charge in [-0.25, -0.2) is 0 Å². The van der Waals surface area contributed by atoms with Crippen molar-refractivity contribution in [3.8, 4) is 0 Å². The van der Waals surface area contributed by atoms with Crippen molar-refractivity contribution in [2.75, 3.05) is 49.6 Å². The van der Waals surface area contributed by atoms with E-state index in [0.29, 0.717) is 12.0 Å². The number of benzene rings is 2. The Morgan fingerprint density at radius 3 is 2.72 bits per heavy atom. The highest BCUT2D eigenvalue weighted by molar-refractivity contribution is 5.80. The van der Waals surface area contributed by atoms with Crippen LogP contribution >= 0.6 is 0 Å². The van der Waals surface area contributed by atoms with Crippen molar-refractivity contribution in [2.24, 2.45) is 0 Å². The van der Waals surface area contributed by atoms with E-state index < -0.39 is 0 Å². The molecule has 3 aliphatic heterocycles. The molecule has 2 aromatic carbocycles. The quantitative estimate of drug-likeness (QED) is 0.836. The fourth-order valence-corrected chi connectivity index (χ4v) is 5.64. The van der Waals surface area contributed by atoms with Gasteiger partial charge >= 0.3 is 0 Å². The van der Waals surface area contributed by atoms with Gasteiger partial charge in [-0.2, -0.15) is 0 Å². The van der Waals surface area contributed by atoms with Crippen molar-refractivity contribution in [1.82, 2.24) is 4.90 Å². The molecule has 2 aromatic rings. The van der Waals surface area contributed by atoms with Crippen molar-refractivity contribution in [3.05, 3.63) is 59.2 Å². The summed E-state index contributed by atoms with van der Waals surface area (Å²) in [5.41, 5.74) is 6.77. The molecule has 0 saturated carbocycles. The zero-order valence-corrected chi connectivity index (χ0v) is 17.7. The molecule has 1 fully saturated rings. The van der Waals surface area contributed by atoms with Gasteiger partial charge in [0.2, 0.25) is 0 Å². The number of piperidine rings is 1. The molecule has 3 heterocycles. The molecule has 1 saturated heterocycles. The van der Waals surface area contributed by atoms with Crippen LogP contribution in [0.25, 0.3) is 0 Å². The summed E-state index contributed by atoms with van der Waals surface area (Å²) >= 11 is 0. The Bertz CT molecular complexity index is 865. The summed E-state index contributed by atoms with van der Waals surface area (Å²) in [7, 11) is 2.22. The first-order chi connectivity index (χ1) is 14.1. The smallest absolute Gasteiger partial charge is 0.0790 e. The van der Waals surface area contributed by atoms with Crippen LogP contribution in [0.15, 0.2) is 42.5 Å². The molecule has 1 N–H and O–H groups in total. The highest BCUT2D eigenvalue weighted by atomic mass is 16.3. The molecule has 1 unspecified atom stereocenters. The van der Waals surface area contributed by atoms with Gasteiger partial charge in [0.1, 0.15) is 0 Å². The van der Waals surface area contributed by atoms with Gasteiger partial charge < -0.3 is 19.8 Å². The molecule has 5 rings (SSSR count). The number of hydrogen-bond donors (Lipinski definition) is 1. The number of nitrogens with zero attached hydrogens (tertiary/aromatic N) is 3. The van der Waals surface area contributed by atoms with Crippen molar-refractivity contribution >= 4 is 11.4 Å². The number of likely N-dealkylation sites (tertiary alicyclic amines) is 1. The van der Waals surface area contributed by atoms with E-state index in [2.05, 4.69) is 71.1 Å². The molecule has 0 aliphatic carbocycles. The minimum atomic E-state index is -0.344. The molecular formula is C25H33N3O. The standard InChI is InChI=1S/C25H33N3O/c1-18-8-10-19(11-9-18)24(29)7-4-13-27-14-12-22-21(17-27)20-5-3-6-23-25(20)28(22)16-15-26(23)2/h3,5-6,8-11,21-22,24,29H,4,7,12-17H2,1-2H3/t21-,22-,24?/m0/s1. The second kappa shape index (κ2) is 7.66. The molecule has 4 heteroatoms. The van der Waals surface area contributed by atoms with Gasteiger partial charge in [0.05, 0.1) is 17.5 Å². The molecule has 3 aliphatic rings. The van der Waals surface area contributed by atoms with E-state index in [9.17, 15) is 5.11 Å². The first kappa shape index (κ1) is 19.0. The van der Waals surface area contributed by atoms with Crippen molar-refractivity contribution in [2.45, 2.75) is 44.2 Å². The van der Waals surface area contributed by atoms with Gasteiger partial charge in [0.15, 0.2) is 0 Å². The molecule has 0 spiro atoms. The zero-order valence-electron chi connectivity index (χ0n) is 17.7. The second-order valence-electron chi connectivity index (χ2n) is 9.16. The molecule has 4 nitrogen and oxygen atoms in total. The number of aliphatic hydroxyl groups is 1. The van der Waals surface area contributed by atoms with Gasteiger partial charge in [-0.3, -0.25) is 0 Å². The summed E-state index contributed by atoms with van der Waals surface area (Å²) < 4.78 is 0. The predicted molar refractivity (Wildman–Crippen MR) is 120 cm³/mol. The van der Waals surface area contributed by atoms with Crippen molar-refractivity contribution < 1.29 is 5.11 Å². The molecule has 0 bridgehead atoms. The van der Waals surface area contributed by atoms with E-state index >= 15 is 0 Å². The van der Waals surface area contributed by atoms with Gasteiger partial charge in [0, 0.05) is 45.2 Å². The first-order valence-electron chi connectivity index (χ1n) is 11.2. The van der Waals surface area contributed by atoms with Crippen LogP contribution in [0.3, 0.4) is 0 Å². The molecule has 29 heavy (non-hydrogen) atoms. The van der Waals surface area contributed by atoms with Crippen molar-refractivity contribution in [1.29, 1.82) is 0 Å². The van der Waals surface area contributed by atoms with E-state index in [0.717, 1.165) is 44.6 Å². The maximum atomic E-state index is 10.5. The van der Waals surface area contributed by atoms with Crippen LogP contribution in [-0.2, 0) is 0 Å². The lowest BCUT2D eigenvalue weighted by atomic mass is 9.89. The zero-order chi connectivity index (χ0) is 20.0. The Labute approximate surface area is 174 Å². The molecule has 0 aromatic heterocycles. The highest BCUT2D eigenvalue weighted by Crippen LogP contribution is 2.50. The van der Waals surface area contributed by atoms with E-state index in [-0.39, 0.29) is 6.10 Å². The Balaban J connectivity index is 1.21. The van der Waals surface area contributed by atoms with Crippen molar-refractivity contribution in [3.63, 3.8) is 0 Å². The Morgan fingerprint density at radius 1 is 1.07 bits per heavy atom. The van der Waals surface area contributed by atoms with E-state index in [1.54, 1.807) is 5.56 Å². The lowest BCUT2D eigenvalue weighted by Crippen LogP contribution is -2.49. The number of aliphatic hydroxyl groups excluding tert-OH is 1. The molecule has 0 radical (unpaired) electrons. The third kappa shape index (κ3) is 3.43. The van der Waals surface area contributed by atoms with Gasteiger partial charge in [-0.1, -0.05) is 42.0 Å². The third-order valence-corrected chi connectivity index (χ3v) is 7.29. The van der Waals surface area contributed by atoms with Crippen LogP contribution in [-0.4, -0.2) is 55.8 Å². The number of fused-ring (bicyclic) bond motifs is 3. The molecule has 3 atom stereocenters. The van der Waals surface area contributed by atoms with Crippen LogP contribution < -0.4 is 9.80 Å². The second-order valence-corrected chi connectivity index (χ2v) is 9.16. The summed E-state index contributed by atoms with van der Waals surface area (Å²) in [5.74, 6) is 0.632. The third-order valence-electron chi connectivity index (χ3n) is 7.29. The summed E-state index contributed by atoms with van der Waals surface area (Å²) in [6.45, 7) is 7.79. The monoisotopic (exact) mass is 391 g/mol. The minimum Gasteiger partial charge on any atom is -0.388 e. The Morgan fingerprint density at radius 2 is 1.90 bits per heavy atom. The van der Waals surface area contributed by atoms with Gasteiger partial charge in [-0.05, 0) is 49.9 Å². The fraction of sp³-hybridized carbons (Fsp3) is 0.520. The highest BCUT2D eigenvalue weighted by Gasteiger charge is 2.44. The topological polar surface area (TPSA) is 30.0 Å². The minimum absolute atomic E-state index is 0.344. The average Bonchev–Trinajstić information content (AvgIpc) is 3.06. The van der Waals surface area contributed by atoms with Gasteiger partial charge in [0.25, 0.3) is 0 Å². The maximum absolute atomic E-state index is 10.5. The van der Waals surface area contributed by atoms with Crippen LogP contribution in [0.1, 0.15) is 48.0 Å². The number of aryl methyl sites for hydroxylation is 1. The Hall–Kier alpha value is -2.04. The van der Waals surface area contributed by atoms with Crippen LogP contribution in [0.5, 0.6) is 0 Å². The number of likely N-dealkylation sites (N-methyl/N-ethyl adjacent to an activating group) is 1. The van der Waals surface area contributed by atoms with E-state index in [1.165, 1.54) is 29.9 Å². The maximum Gasteiger partial charge on any atom is 0.0790 e. The number of rotatable bonds is 5. The molecule has 0 amide bonds. The molecular weight excluding hydrogens is 358 g/mol. The van der Waals surface area contributed by atoms with E-state index in [4.69, 9.17) is 0 Å². The lowest BCUT2D eigenvalue weighted by Gasteiger charge is -2.41. The normalized spacial score (nSPS) is 24.4. The Kier molecular flexibility index (Phi) is 5.00. The fourth-order valence-electron chi connectivity index (χ4n) is 5.64. The predicted octanol–water partition coefficient (Wildman–Crippen LogP) is 3.94. The molecule has 154 valence electrons. The SMILES string of the molecule is Cc1ccc(C(O)CCCN2CC[C@H]3[C@@H](C2)c2cccc4c2N3CCN4C)cc1. The largest absolute Gasteiger partial charge is 0.388 e. The number of anilines is 2. The number of para-hydroxylation sites is 1.